The Bertz CT molecular complexity index is 1310. The Hall–Kier alpha value is -4.17. The molecule has 2 aromatic heterocycles. The second-order valence-electron chi connectivity index (χ2n) is 8.55. The number of ether oxygens (including phenoxy) is 1. The number of alkyl carbamates (subject to hydrolysis) is 1. The van der Waals surface area contributed by atoms with Crippen molar-refractivity contribution in [3.05, 3.63) is 102 Å². The van der Waals surface area contributed by atoms with Crippen molar-refractivity contribution in [3.63, 3.8) is 0 Å². The van der Waals surface area contributed by atoms with Crippen LogP contribution in [0.25, 0.3) is 11.3 Å². The van der Waals surface area contributed by atoms with Crippen LogP contribution in [0.1, 0.15) is 24.0 Å². The molecule has 9 heteroatoms. The van der Waals surface area contributed by atoms with E-state index >= 15 is 0 Å². The zero-order valence-corrected chi connectivity index (χ0v) is 21.4. The van der Waals surface area contributed by atoms with Gasteiger partial charge in [-0.25, -0.2) is 19.7 Å². The number of hydrogen-bond donors (Lipinski definition) is 2. The number of carbonyl (C=O) groups is 1. The third-order valence-corrected chi connectivity index (χ3v) is 6.09. The molecule has 0 radical (unpaired) electrons. The largest absolute Gasteiger partial charge is 0.445 e. The molecule has 37 heavy (non-hydrogen) atoms. The van der Waals surface area contributed by atoms with Crippen LogP contribution in [0, 0.1) is 0 Å². The molecule has 0 saturated carbocycles. The number of amides is 1. The first-order valence-electron chi connectivity index (χ1n) is 12.0. The Morgan fingerprint density at radius 2 is 1.97 bits per heavy atom. The second kappa shape index (κ2) is 12.7. The van der Waals surface area contributed by atoms with E-state index in [1.807, 2.05) is 55.8 Å². The zero-order chi connectivity index (χ0) is 26.0. The number of benzene rings is 2. The highest BCUT2D eigenvalue weighted by atomic mass is 35.5. The number of anilines is 2. The Morgan fingerprint density at radius 3 is 2.68 bits per heavy atom. The fraction of sp³-hybridized carbons (Fsp3) is 0.214. The van der Waals surface area contributed by atoms with E-state index in [9.17, 15) is 4.79 Å². The van der Waals surface area contributed by atoms with Crippen LogP contribution >= 0.6 is 11.6 Å². The summed E-state index contributed by atoms with van der Waals surface area (Å²) in [5, 5.41) is 6.48. The molecule has 190 valence electrons. The van der Waals surface area contributed by atoms with Gasteiger partial charge in [-0.1, -0.05) is 67.6 Å². The molecule has 8 nitrogen and oxygen atoms in total. The minimum absolute atomic E-state index is 0.103. The second-order valence-corrected chi connectivity index (χ2v) is 8.96. The number of imidazole rings is 1. The number of carbonyl (C=O) groups excluding carboxylic acids is 1. The van der Waals surface area contributed by atoms with Crippen molar-refractivity contribution in [2.75, 3.05) is 18.5 Å². The van der Waals surface area contributed by atoms with Crippen molar-refractivity contribution in [2.24, 2.45) is 0 Å². The van der Waals surface area contributed by atoms with Crippen molar-refractivity contribution >= 4 is 29.3 Å². The summed E-state index contributed by atoms with van der Waals surface area (Å²) in [6, 6.07) is 16.1. The maximum absolute atomic E-state index is 11.6. The number of halogens is 1. The van der Waals surface area contributed by atoms with E-state index in [-0.39, 0.29) is 12.5 Å². The van der Waals surface area contributed by atoms with Gasteiger partial charge >= 0.3 is 6.09 Å². The molecule has 2 heterocycles. The Balaban J connectivity index is 1.37. The Kier molecular flexibility index (Phi) is 8.89. The van der Waals surface area contributed by atoms with E-state index < -0.39 is 6.09 Å². The van der Waals surface area contributed by atoms with Crippen LogP contribution in [0.15, 0.2) is 86.1 Å². The summed E-state index contributed by atoms with van der Waals surface area (Å²) in [6.45, 7) is 7.09. The lowest BCUT2D eigenvalue weighted by molar-refractivity contribution is 0.158. The quantitative estimate of drug-likeness (QED) is 0.238. The van der Waals surface area contributed by atoms with Gasteiger partial charge in [0.2, 0.25) is 5.95 Å². The molecule has 0 saturated heterocycles. The number of nitrogens with zero attached hydrogens (tertiary/aromatic N) is 4. The molecule has 0 spiro atoms. The monoisotopic (exact) mass is 516 g/mol. The Labute approximate surface area is 221 Å². The predicted octanol–water partition coefficient (Wildman–Crippen LogP) is 6.00. The number of hydrogen-bond acceptors (Lipinski definition) is 6. The minimum atomic E-state index is -0.458. The van der Waals surface area contributed by atoms with Crippen molar-refractivity contribution in [2.45, 2.75) is 25.8 Å². The summed E-state index contributed by atoms with van der Waals surface area (Å²) in [6.07, 6.45) is 9.15. The summed E-state index contributed by atoms with van der Waals surface area (Å²) in [4.78, 5) is 24.7. The molecule has 0 aliphatic heterocycles. The van der Waals surface area contributed by atoms with Crippen LogP contribution in [0.3, 0.4) is 0 Å². The van der Waals surface area contributed by atoms with Gasteiger partial charge in [-0.05, 0) is 35.6 Å². The summed E-state index contributed by atoms with van der Waals surface area (Å²) in [7, 11) is 0. The highest BCUT2D eigenvalue weighted by molar-refractivity contribution is 6.32. The average Bonchev–Trinajstić information content (AvgIpc) is 3.45. The van der Waals surface area contributed by atoms with E-state index in [1.54, 1.807) is 12.4 Å². The van der Waals surface area contributed by atoms with Crippen LogP contribution in [0.2, 0.25) is 5.02 Å². The molecule has 1 unspecified atom stereocenters. The zero-order valence-electron chi connectivity index (χ0n) is 20.6. The molecule has 4 aromatic rings. The van der Waals surface area contributed by atoms with E-state index in [4.69, 9.17) is 16.3 Å². The van der Waals surface area contributed by atoms with Crippen molar-refractivity contribution in [3.8, 4) is 11.3 Å². The summed E-state index contributed by atoms with van der Waals surface area (Å²) in [5.41, 5.74) is 4.71. The third-order valence-electron chi connectivity index (χ3n) is 5.81. The number of rotatable bonds is 11. The fourth-order valence-corrected chi connectivity index (χ4v) is 3.90. The van der Waals surface area contributed by atoms with E-state index in [1.165, 1.54) is 11.6 Å². The average molecular weight is 517 g/mol. The first-order valence-corrected chi connectivity index (χ1v) is 12.4. The fourth-order valence-electron chi connectivity index (χ4n) is 3.70. The predicted molar refractivity (Wildman–Crippen MR) is 146 cm³/mol. The maximum atomic E-state index is 11.6. The molecular weight excluding hydrogens is 488 g/mol. The molecule has 0 fully saturated rings. The van der Waals surface area contributed by atoms with Gasteiger partial charge in [0.05, 0.1) is 23.2 Å². The van der Waals surface area contributed by atoms with Gasteiger partial charge in [0.25, 0.3) is 0 Å². The van der Waals surface area contributed by atoms with Crippen LogP contribution in [-0.2, 0) is 17.7 Å². The topological polar surface area (TPSA) is 94.0 Å². The van der Waals surface area contributed by atoms with Crippen molar-refractivity contribution in [1.29, 1.82) is 0 Å². The lowest BCUT2D eigenvalue weighted by atomic mass is 9.99. The van der Waals surface area contributed by atoms with E-state index in [2.05, 4.69) is 48.9 Å². The molecule has 2 aromatic carbocycles. The van der Waals surface area contributed by atoms with Gasteiger partial charge in [-0.3, -0.25) is 0 Å². The smallest absolute Gasteiger partial charge is 0.407 e. The summed E-state index contributed by atoms with van der Waals surface area (Å²) < 4.78 is 7.00. The molecule has 1 atom stereocenters. The van der Waals surface area contributed by atoms with Gasteiger partial charge < -0.3 is 19.9 Å². The number of nitrogens with one attached hydrogen (secondary N) is 2. The standard InChI is InChI=1S/C28H29ClN6O2/c1-3-16-37-28(36)32-17-20(2)22-6-8-23(9-7-22)26-25(29)18-31-27(34-26)33-24-10-4-21(5-11-24)12-14-35-15-13-30-19-35/h3-11,13,15,18-20H,1,12,14,16-17H2,2H3,(H,32,36)(H,31,33,34). The lowest BCUT2D eigenvalue weighted by Crippen LogP contribution is -2.28. The van der Waals surface area contributed by atoms with E-state index in [0.29, 0.717) is 23.2 Å². The number of aromatic nitrogens is 4. The summed E-state index contributed by atoms with van der Waals surface area (Å²) >= 11 is 6.43. The SMILES string of the molecule is C=CCOC(=O)NCC(C)c1ccc(-c2nc(Nc3ccc(CCn4ccnc4)cc3)ncc2Cl)cc1. The van der Waals surface area contributed by atoms with Gasteiger partial charge in [0.1, 0.15) is 6.61 Å². The highest BCUT2D eigenvalue weighted by Gasteiger charge is 2.12. The van der Waals surface area contributed by atoms with Crippen LogP contribution < -0.4 is 10.6 Å². The maximum Gasteiger partial charge on any atom is 0.407 e. The van der Waals surface area contributed by atoms with Gasteiger partial charge in [-0.2, -0.15) is 0 Å². The van der Waals surface area contributed by atoms with Crippen molar-refractivity contribution < 1.29 is 9.53 Å². The molecule has 4 rings (SSSR count). The van der Waals surface area contributed by atoms with Gasteiger partial charge in [-0.15, -0.1) is 0 Å². The van der Waals surface area contributed by atoms with Gasteiger partial charge in [0.15, 0.2) is 0 Å². The third kappa shape index (κ3) is 7.41. The Morgan fingerprint density at radius 1 is 1.19 bits per heavy atom. The molecule has 0 aliphatic rings. The van der Waals surface area contributed by atoms with Gasteiger partial charge in [0, 0.05) is 36.7 Å². The number of aryl methyl sites for hydroxylation is 2. The molecule has 0 aliphatic carbocycles. The molecule has 2 N–H and O–H groups in total. The first-order chi connectivity index (χ1) is 18.0. The normalized spacial score (nSPS) is 11.5. The molecule has 0 bridgehead atoms. The van der Waals surface area contributed by atoms with Crippen molar-refractivity contribution in [1.82, 2.24) is 24.8 Å². The first kappa shape index (κ1) is 25.9. The lowest BCUT2D eigenvalue weighted by Gasteiger charge is -2.14. The van der Waals surface area contributed by atoms with Crippen LogP contribution in [0.4, 0.5) is 16.4 Å². The minimum Gasteiger partial charge on any atom is -0.445 e. The molecule has 1 amide bonds. The van der Waals surface area contributed by atoms with E-state index in [0.717, 1.165) is 29.8 Å². The van der Waals surface area contributed by atoms with Crippen LogP contribution in [0.5, 0.6) is 0 Å². The van der Waals surface area contributed by atoms with Crippen LogP contribution in [-0.4, -0.2) is 38.8 Å². The summed E-state index contributed by atoms with van der Waals surface area (Å²) in [5.74, 6) is 0.566. The highest BCUT2D eigenvalue weighted by Crippen LogP contribution is 2.28. The molecular formula is C28H29ClN6O2.